The van der Waals surface area contributed by atoms with Crippen LogP contribution in [0.25, 0.3) is 0 Å². The van der Waals surface area contributed by atoms with E-state index < -0.39 is 12.1 Å². The minimum Gasteiger partial charge on any atom is -0.363 e. The van der Waals surface area contributed by atoms with Crippen molar-refractivity contribution < 1.29 is 22.8 Å². The molecule has 0 saturated heterocycles. The highest BCUT2D eigenvalue weighted by molar-refractivity contribution is 5.75. The van der Waals surface area contributed by atoms with Crippen molar-refractivity contribution in [2.24, 2.45) is 5.92 Å². The van der Waals surface area contributed by atoms with Gasteiger partial charge in [-0.05, 0) is 25.2 Å². The topological polar surface area (TPSA) is 38.3 Å². The van der Waals surface area contributed by atoms with Crippen LogP contribution in [0.15, 0.2) is 0 Å². The summed E-state index contributed by atoms with van der Waals surface area (Å²) in [7, 11) is 0. The van der Waals surface area contributed by atoms with Gasteiger partial charge < -0.3 is 4.84 Å². The lowest BCUT2D eigenvalue weighted by atomic mass is 10.1. The molecule has 0 bridgehead atoms. The molecule has 0 aliphatic heterocycles. The molecule has 2 unspecified atom stereocenters. The molecule has 1 saturated carbocycles. The van der Waals surface area contributed by atoms with Gasteiger partial charge in [0.05, 0.1) is 0 Å². The van der Waals surface area contributed by atoms with Crippen molar-refractivity contribution in [3.05, 3.63) is 0 Å². The molecule has 0 amide bonds. The number of nitrogens with one attached hydrogen (secondary N) is 1. The minimum absolute atomic E-state index is 0.142. The van der Waals surface area contributed by atoms with E-state index in [0.717, 1.165) is 19.3 Å². The summed E-state index contributed by atoms with van der Waals surface area (Å²) in [5.41, 5.74) is 2.15. The molecule has 0 heterocycles. The van der Waals surface area contributed by atoms with E-state index in [4.69, 9.17) is 0 Å². The maximum absolute atomic E-state index is 11.7. The fourth-order valence-electron chi connectivity index (χ4n) is 1.51. The van der Waals surface area contributed by atoms with Crippen LogP contribution in [-0.4, -0.2) is 18.2 Å². The van der Waals surface area contributed by atoms with Crippen molar-refractivity contribution in [2.45, 2.75) is 38.4 Å². The first-order valence-electron chi connectivity index (χ1n) is 4.43. The molecule has 82 valence electrons. The number of alkyl halides is 3. The zero-order valence-corrected chi connectivity index (χ0v) is 7.73. The maximum atomic E-state index is 11.7. The van der Waals surface area contributed by atoms with Crippen LogP contribution in [0.3, 0.4) is 0 Å². The van der Waals surface area contributed by atoms with Gasteiger partial charge in [-0.25, -0.2) is 4.79 Å². The Hall–Kier alpha value is -0.780. The third kappa shape index (κ3) is 3.17. The summed E-state index contributed by atoms with van der Waals surface area (Å²) in [6.07, 6.45) is -2.49. The molecule has 0 aromatic rings. The second-order valence-corrected chi connectivity index (χ2v) is 3.62. The van der Waals surface area contributed by atoms with Gasteiger partial charge in [0, 0.05) is 6.04 Å². The van der Waals surface area contributed by atoms with Gasteiger partial charge in [-0.15, -0.1) is 5.48 Å². The summed E-state index contributed by atoms with van der Waals surface area (Å²) < 4.78 is 35.1. The SMILES string of the molecule is CC1CCC(NOC(=O)C(F)(F)F)C1. The van der Waals surface area contributed by atoms with Crippen LogP contribution in [-0.2, 0) is 9.63 Å². The van der Waals surface area contributed by atoms with Crippen LogP contribution in [0, 0.1) is 5.92 Å². The monoisotopic (exact) mass is 211 g/mol. The highest BCUT2D eigenvalue weighted by atomic mass is 19.4. The van der Waals surface area contributed by atoms with E-state index in [2.05, 4.69) is 10.3 Å². The molecule has 0 aromatic carbocycles. The van der Waals surface area contributed by atoms with Crippen LogP contribution in [0.5, 0.6) is 0 Å². The van der Waals surface area contributed by atoms with Crippen molar-refractivity contribution in [1.82, 2.24) is 5.48 Å². The van der Waals surface area contributed by atoms with Crippen molar-refractivity contribution in [3.8, 4) is 0 Å². The Morgan fingerprint density at radius 2 is 2.07 bits per heavy atom. The summed E-state index contributed by atoms with van der Waals surface area (Å²) in [6, 6.07) is -0.142. The van der Waals surface area contributed by atoms with Crippen molar-refractivity contribution in [2.75, 3.05) is 0 Å². The minimum atomic E-state index is -4.92. The Kier molecular flexibility index (Phi) is 3.36. The average Bonchev–Trinajstić information content (AvgIpc) is 2.45. The molecule has 0 aromatic heterocycles. The second kappa shape index (κ2) is 4.16. The summed E-state index contributed by atoms with van der Waals surface area (Å²) in [5.74, 6) is -1.71. The summed E-state index contributed by atoms with van der Waals surface area (Å²) in [4.78, 5) is 14.2. The molecule has 2 atom stereocenters. The number of hydrogen-bond acceptors (Lipinski definition) is 3. The predicted molar refractivity (Wildman–Crippen MR) is 42.1 cm³/mol. The first-order chi connectivity index (χ1) is 6.39. The van der Waals surface area contributed by atoms with Crippen LogP contribution in [0.4, 0.5) is 13.2 Å². The van der Waals surface area contributed by atoms with Gasteiger partial charge >= 0.3 is 12.1 Å². The van der Waals surface area contributed by atoms with Crippen molar-refractivity contribution in [1.29, 1.82) is 0 Å². The summed E-state index contributed by atoms with van der Waals surface area (Å²) in [6.45, 7) is 2.01. The smallest absolute Gasteiger partial charge is 0.363 e. The second-order valence-electron chi connectivity index (χ2n) is 3.62. The van der Waals surface area contributed by atoms with E-state index in [1.165, 1.54) is 0 Å². The Balaban J connectivity index is 2.24. The number of hydrogen-bond donors (Lipinski definition) is 1. The third-order valence-corrected chi connectivity index (χ3v) is 2.24. The maximum Gasteiger partial charge on any atom is 0.492 e. The fraction of sp³-hybridized carbons (Fsp3) is 0.875. The molecule has 1 N–H and O–H groups in total. The quantitative estimate of drug-likeness (QED) is 0.707. The zero-order valence-electron chi connectivity index (χ0n) is 7.73. The van der Waals surface area contributed by atoms with E-state index in [9.17, 15) is 18.0 Å². The zero-order chi connectivity index (χ0) is 10.8. The van der Waals surface area contributed by atoms with Crippen molar-refractivity contribution >= 4 is 5.97 Å². The van der Waals surface area contributed by atoms with Gasteiger partial charge in [0.1, 0.15) is 0 Å². The van der Waals surface area contributed by atoms with Crippen LogP contribution < -0.4 is 5.48 Å². The molecule has 0 radical (unpaired) electrons. The van der Waals surface area contributed by atoms with Gasteiger partial charge in [0.25, 0.3) is 0 Å². The molecule has 1 aliphatic rings. The molecule has 6 heteroatoms. The Bertz CT molecular complexity index is 217. The lowest BCUT2D eigenvalue weighted by molar-refractivity contribution is -0.208. The molecule has 0 spiro atoms. The van der Waals surface area contributed by atoms with Gasteiger partial charge in [0.2, 0.25) is 0 Å². The van der Waals surface area contributed by atoms with E-state index in [1.807, 2.05) is 6.92 Å². The number of carbonyl (C=O) groups is 1. The molecule has 1 fully saturated rings. The van der Waals surface area contributed by atoms with E-state index in [1.54, 1.807) is 0 Å². The van der Waals surface area contributed by atoms with Gasteiger partial charge in [-0.2, -0.15) is 13.2 Å². The van der Waals surface area contributed by atoms with Crippen LogP contribution in [0.2, 0.25) is 0 Å². The van der Waals surface area contributed by atoms with Crippen LogP contribution >= 0.6 is 0 Å². The molecule has 1 rings (SSSR count). The number of halogens is 3. The average molecular weight is 211 g/mol. The molecular weight excluding hydrogens is 199 g/mol. The Morgan fingerprint density at radius 3 is 2.50 bits per heavy atom. The standard InChI is InChI=1S/C8H12F3NO2/c1-5-2-3-6(4-5)12-14-7(13)8(9,10)11/h5-6,12H,2-4H2,1H3. The summed E-state index contributed by atoms with van der Waals surface area (Å²) >= 11 is 0. The molecular formula is C8H12F3NO2. The van der Waals surface area contributed by atoms with Gasteiger partial charge in [-0.3, -0.25) is 0 Å². The van der Waals surface area contributed by atoms with Crippen LogP contribution in [0.1, 0.15) is 26.2 Å². The highest BCUT2D eigenvalue weighted by Gasteiger charge is 2.42. The fourth-order valence-corrected chi connectivity index (χ4v) is 1.51. The predicted octanol–water partition coefficient (Wildman–Crippen LogP) is 1.79. The number of rotatable bonds is 2. The normalized spacial score (nSPS) is 27.7. The molecule has 1 aliphatic carbocycles. The van der Waals surface area contributed by atoms with Gasteiger partial charge in [0.15, 0.2) is 0 Å². The number of hydroxylamine groups is 1. The lowest BCUT2D eigenvalue weighted by Gasteiger charge is -2.12. The number of carbonyl (C=O) groups excluding carboxylic acids is 1. The Labute approximate surface area is 79.6 Å². The van der Waals surface area contributed by atoms with Gasteiger partial charge in [-0.1, -0.05) is 6.92 Å². The Morgan fingerprint density at radius 1 is 1.43 bits per heavy atom. The molecule has 14 heavy (non-hydrogen) atoms. The first-order valence-corrected chi connectivity index (χ1v) is 4.43. The summed E-state index contributed by atoms with van der Waals surface area (Å²) in [5, 5.41) is 0. The van der Waals surface area contributed by atoms with Crippen molar-refractivity contribution in [3.63, 3.8) is 0 Å². The van der Waals surface area contributed by atoms with E-state index in [0.29, 0.717) is 5.92 Å². The molecule has 3 nitrogen and oxygen atoms in total. The van der Waals surface area contributed by atoms with E-state index in [-0.39, 0.29) is 6.04 Å². The third-order valence-electron chi connectivity index (χ3n) is 2.24. The highest BCUT2D eigenvalue weighted by Crippen LogP contribution is 2.25. The largest absolute Gasteiger partial charge is 0.492 e. The first kappa shape index (κ1) is 11.3. The van der Waals surface area contributed by atoms with E-state index >= 15 is 0 Å². The lowest BCUT2D eigenvalue weighted by Crippen LogP contribution is -2.35.